The van der Waals surface area contributed by atoms with Gasteiger partial charge in [-0.2, -0.15) is 0 Å². The summed E-state index contributed by atoms with van der Waals surface area (Å²) in [6.45, 7) is 25.7. The van der Waals surface area contributed by atoms with Crippen LogP contribution in [-0.2, 0) is 29.4 Å². The molecule has 0 saturated carbocycles. The zero-order chi connectivity index (χ0) is 79.9. The highest BCUT2D eigenvalue weighted by Crippen LogP contribution is 2.42. The Bertz CT molecular complexity index is 5810. The second-order valence-electron chi connectivity index (χ2n) is 32.8. The average Bonchev–Trinajstić information content (AvgIpc) is 1.70. The Labute approximate surface area is 684 Å². The van der Waals surface area contributed by atoms with Crippen LogP contribution in [0.2, 0.25) is 0 Å². The van der Waals surface area contributed by atoms with Crippen LogP contribution in [0.25, 0.3) is 123 Å². The monoisotopic (exact) mass is 1560 g/mol. The van der Waals surface area contributed by atoms with E-state index in [-0.39, 0.29) is 47.5 Å². The first-order valence-electron chi connectivity index (χ1n) is 39.4. The van der Waals surface area contributed by atoms with Gasteiger partial charge in [-0.05, 0) is 196 Å². The van der Waals surface area contributed by atoms with Gasteiger partial charge in [0.15, 0.2) is 0 Å². The minimum absolute atomic E-state index is 0.150. The van der Waals surface area contributed by atoms with E-state index in [0.717, 1.165) is 116 Å². The third-order valence-corrected chi connectivity index (χ3v) is 24.2. The normalized spacial score (nSPS) is 14.8. The maximum absolute atomic E-state index is 6.21. The number of hydrogen-bond acceptors (Lipinski definition) is 10. The minimum Gasteiger partial charge on any atom is -0.399 e. The van der Waals surface area contributed by atoms with Gasteiger partial charge in [-0.25, -0.2) is 15.0 Å². The molecular weight excluding hydrogens is 1470 g/mol. The van der Waals surface area contributed by atoms with E-state index in [1.165, 1.54) is 44.5 Å². The molecular formula is C102H91B2BrN6O4. The average molecular weight is 1570 g/mol. The lowest BCUT2D eigenvalue weighted by Gasteiger charge is -2.32. The molecule has 13 heteroatoms. The first-order chi connectivity index (χ1) is 55.3. The molecule has 0 amide bonds. The molecule has 0 atom stereocenters. The molecule has 16 aromatic rings. The van der Waals surface area contributed by atoms with Gasteiger partial charge in [-0.3, -0.25) is 15.0 Å². The van der Waals surface area contributed by atoms with Crippen molar-refractivity contribution in [1.82, 2.24) is 29.9 Å². The highest BCUT2D eigenvalue weighted by atomic mass is 79.9. The minimum atomic E-state index is -0.341. The van der Waals surface area contributed by atoms with Crippen LogP contribution in [0.4, 0.5) is 0 Å². The molecule has 0 aliphatic carbocycles. The maximum atomic E-state index is 6.21. The van der Waals surface area contributed by atoms with Crippen LogP contribution in [0.5, 0.6) is 0 Å². The topological polar surface area (TPSA) is 114 Å². The lowest BCUT2D eigenvalue weighted by atomic mass is 9.73. The number of aromatic nitrogens is 6. The Balaban J connectivity index is 0.000000148. The van der Waals surface area contributed by atoms with Crippen LogP contribution < -0.4 is 10.9 Å². The van der Waals surface area contributed by atoms with E-state index in [2.05, 4.69) is 344 Å². The Hall–Kier alpha value is -11.7. The summed E-state index contributed by atoms with van der Waals surface area (Å²) in [4.78, 5) is 28.7. The van der Waals surface area contributed by atoms with Gasteiger partial charge >= 0.3 is 14.2 Å². The highest BCUT2D eigenvalue weighted by molar-refractivity contribution is 9.10. The number of halogens is 1. The summed E-state index contributed by atoms with van der Waals surface area (Å²) in [6.07, 6.45) is 5.50. The quantitative estimate of drug-likeness (QED) is 0.0975. The van der Waals surface area contributed by atoms with Crippen molar-refractivity contribution in [2.45, 2.75) is 116 Å². The molecule has 115 heavy (non-hydrogen) atoms. The van der Waals surface area contributed by atoms with Crippen molar-refractivity contribution in [2.24, 2.45) is 0 Å². The van der Waals surface area contributed by atoms with Crippen LogP contribution in [0, 0.1) is 0 Å². The van der Waals surface area contributed by atoms with Crippen LogP contribution in [0.3, 0.4) is 0 Å². The summed E-state index contributed by atoms with van der Waals surface area (Å²) < 4.78 is 25.9. The Morgan fingerprint density at radius 1 is 0.261 bits per heavy atom. The van der Waals surface area contributed by atoms with Gasteiger partial charge in [-0.15, -0.1) is 0 Å². The van der Waals surface area contributed by atoms with Crippen molar-refractivity contribution in [3.8, 4) is 89.8 Å². The molecule has 8 heterocycles. The van der Waals surface area contributed by atoms with Gasteiger partial charge in [0.1, 0.15) is 0 Å². The van der Waals surface area contributed by atoms with Crippen LogP contribution in [-0.4, -0.2) is 66.5 Å². The molecule has 566 valence electrons. The molecule has 2 aliphatic rings. The van der Waals surface area contributed by atoms with E-state index in [1.54, 1.807) is 0 Å². The molecule has 2 fully saturated rings. The van der Waals surface area contributed by atoms with Gasteiger partial charge in [0.2, 0.25) is 0 Å². The van der Waals surface area contributed by atoms with E-state index >= 15 is 0 Å². The number of hydrogen-bond donors (Lipinski definition) is 0. The van der Waals surface area contributed by atoms with Crippen LogP contribution >= 0.6 is 15.9 Å². The first-order valence-corrected chi connectivity index (χ1v) is 40.2. The van der Waals surface area contributed by atoms with E-state index in [0.29, 0.717) is 0 Å². The van der Waals surface area contributed by atoms with Gasteiger partial charge in [-0.1, -0.05) is 274 Å². The molecule has 0 spiro atoms. The summed E-state index contributed by atoms with van der Waals surface area (Å²) in [7, 11) is -0.683. The van der Waals surface area contributed by atoms with Crippen molar-refractivity contribution in [3.05, 3.63) is 361 Å². The smallest absolute Gasteiger partial charge is 0.399 e. The Kier molecular flexibility index (Phi) is 21.2. The van der Waals surface area contributed by atoms with Gasteiger partial charge in [0.05, 0.1) is 73.1 Å². The zero-order valence-corrected chi connectivity index (χ0v) is 68.7. The summed E-state index contributed by atoms with van der Waals surface area (Å²) in [6, 6.07) is 110. The summed E-state index contributed by atoms with van der Waals surface area (Å²) in [5.74, 6) is 0. The highest BCUT2D eigenvalue weighted by Gasteiger charge is 2.53. The van der Waals surface area contributed by atoms with Crippen molar-refractivity contribution in [3.63, 3.8) is 0 Å². The summed E-state index contributed by atoms with van der Waals surface area (Å²) in [5, 5.41) is 3.32. The molecule has 0 unspecified atom stereocenters. The standard InChI is InChI=1S/C55H40N4.C27H38B2O4.C20H13BrN2/c1-55(2,43-29-25-39(26-30-43)37-17-21-41(22-18-37)53-35-47(49-13-7-9-33-56-49)45-11-3-5-15-51(45)58-53)44-31-27-40(28-32-44)38-19-23-42(24-20-38)54-36-48(50-14-8-10-34-57-50)46-12-4-6-16-52(46)59-54;1-23(2,19-11-15-21(16-12-19)28-30-24(3,4)25(5,6)31-28)20-13-17-22(18-14-20)29-32-26(7,8)27(9,10)33-29;21-15-10-8-14(9-11-15)20-13-17(18-6-3-4-12-22-18)16-5-1-2-7-19(16)23-20/h3-36H,1-2H3;11-18H,1-10H3;1-13H. The van der Waals surface area contributed by atoms with E-state index in [4.69, 9.17) is 33.6 Å². The maximum Gasteiger partial charge on any atom is 0.494 e. The Morgan fingerprint density at radius 3 is 0.765 bits per heavy atom. The lowest BCUT2D eigenvalue weighted by Crippen LogP contribution is -2.41. The molecule has 0 N–H and O–H groups in total. The third kappa shape index (κ3) is 16.1. The fourth-order valence-electron chi connectivity index (χ4n) is 15.0. The van der Waals surface area contributed by atoms with E-state index < -0.39 is 0 Å². The summed E-state index contributed by atoms with van der Waals surface area (Å²) in [5.41, 5.74) is 25.2. The second-order valence-corrected chi connectivity index (χ2v) is 33.8. The molecule has 0 bridgehead atoms. The molecule has 0 radical (unpaired) electrons. The molecule has 2 saturated heterocycles. The lowest BCUT2D eigenvalue weighted by molar-refractivity contribution is 0.00578. The number of benzene rings is 10. The number of rotatable bonds is 14. The Morgan fingerprint density at radius 2 is 0.496 bits per heavy atom. The van der Waals surface area contributed by atoms with Gasteiger partial charge < -0.3 is 18.6 Å². The van der Waals surface area contributed by atoms with Gasteiger partial charge in [0.25, 0.3) is 0 Å². The second kappa shape index (κ2) is 31.6. The third-order valence-electron chi connectivity index (χ3n) is 23.7. The first kappa shape index (κ1) is 77.3. The predicted molar refractivity (Wildman–Crippen MR) is 478 cm³/mol. The predicted octanol–water partition coefficient (Wildman–Crippen LogP) is 24.2. The number of fused-ring (bicyclic) bond motifs is 3. The molecule has 6 aromatic heterocycles. The van der Waals surface area contributed by atoms with Crippen molar-refractivity contribution < 1.29 is 18.6 Å². The fraction of sp³-hybridized carbons (Fsp3) is 0.176. The number of pyridine rings is 6. The van der Waals surface area contributed by atoms with Crippen molar-refractivity contribution in [2.75, 3.05) is 0 Å². The molecule has 10 nitrogen and oxygen atoms in total. The largest absolute Gasteiger partial charge is 0.494 e. The SMILES string of the molecule is Brc1ccc(-c2cc(-c3ccccn3)c3ccccc3n2)cc1.CC(C)(c1ccc(-c2ccc(-c3cc(-c4ccccn4)c4ccccc4n3)cc2)cc1)c1ccc(-c2ccc(-c3cc(-c4ccccn4)c4ccccc4n3)cc2)cc1.CC(C)(c1ccc(B2OC(C)(C)C(C)(C)O2)cc1)c1ccc(B2OC(C)(C)C(C)(C)O2)cc1. The van der Waals surface area contributed by atoms with Crippen molar-refractivity contribution in [1.29, 1.82) is 0 Å². The molecule has 10 aromatic carbocycles. The van der Waals surface area contributed by atoms with Crippen LogP contribution in [0.15, 0.2) is 339 Å². The zero-order valence-electron chi connectivity index (χ0n) is 67.1. The van der Waals surface area contributed by atoms with Crippen molar-refractivity contribution >= 4 is 73.8 Å². The van der Waals surface area contributed by atoms with E-state index in [9.17, 15) is 0 Å². The fourth-order valence-corrected chi connectivity index (χ4v) is 15.3. The van der Waals surface area contributed by atoms with Crippen LogP contribution in [0.1, 0.15) is 105 Å². The molecule has 18 rings (SSSR count). The number of nitrogens with zero attached hydrogens (tertiary/aromatic N) is 6. The van der Waals surface area contributed by atoms with E-state index in [1.807, 2.05) is 104 Å². The summed E-state index contributed by atoms with van der Waals surface area (Å²) >= 11 is 3.48. The molecule has 2 aliphatic heterocycles. The van der Waals surface area contributed by atoms with Gasteiger partial charge in [0, 0.05) is 83.4 Å². The number of para-hydroxylation sites is 3.